The molecule has 2 atom stereocenters. The van der Waals surface area contributed by atoms with Crippen LogP contribution in [0.4, 0.5) is 0 Å². The second kappa shape index (κ2) is 4.57. The van der Waals surface area contributed by atoms with Crippen LogP contribution in [0.5, 0.6) is 0 Å². The van der Waals surface area contributed by atoms with Gasteiger partial charge >= 0.3 is 0 Å². The van der Waals surface area contributed by atoms with Crippen molar-refractivity contribution in [3.63, 3.8) is 0 Å². The quantitative estimate of drug-likeness (QED) is 0.836. The van der Waals surface area contributed by atoms with Crippen molar-refractivity contribution in [3.05, 3.63) is 17.7 Å². The number of hydrogen-bond donors (Lipinski definition) is 1. The zero-order chi connectivity index (χ0) is 13.2. The number of imidazole rings is 1. The Kier molecular flexibility index (Phi) is 3.55. The van der Waals surface area contributed by atoms with Crippen LogP contribution in [-0.2, 0) is 0 Å². The molecule has 2 N–H and O–H groups in total. The SMILES string of the molecule is CC(N)C(n1cnc(C#N)c1C#N)C(C)(C)C. The average molecular weight is 231 g/mol. The van der Waals surface area contributed by atoms with Crippen LogP contribution in [0.15, 0.2) is 6.33 Å². The van der Waals surface area contributed by atoms with E-state index in [-0.39, 0.29) is 28.9 Å². The first-order chi connectivity index (χ1) is 7.82. The highest BCUT2D eigenvalue weighted by Gasteiger charge is 2.31. The highest BCUT2D eigenvalue weighted by atomic mass is 15.1. The van der Waals surface area contributed by atoms with Crippen LogP contribution in [0.25, 0.3) is 0 Å². The molecule has 17 heavy (non-hydrogen) atoms. The van der Waals surface area contributed by atoms with Gasteiger partial charge < -0.3 is 10.3 Å². The summed E-state index contributed by atoms with van der Waals surface area (Å²) in [6.07, 6.45) is 1.52. The lowest BCUT2D eigenvalue weighted by atomic mass is 9.82. The topological polar surface area (TPSA) is 91.4 Å². The van der Waals surface area contributed by atoms with Crippen LogP contribution in [-0.4, -0.2) is 15.6 Å². The summed E-state index contributed by atoms with van der Waals surface area (Å²) in [7, 11) is 0. The largest absolute Gasteiger partial charge is 0.326 e. The van der Waals surface area contributed by atoms with Gasteiger partial charge in [0, 0.05) is 6.04 Å². The Balaban J connectivity index is 3.37. The van der Waals surface area contributed by atoms with Gasteiger partial charge in [0.2, 0.25) is 0 Å². The molecule has 2 unspecified atom stereocenters. The van der Waals surface area contributed by atoms with Crippen molar-refractivity contribution in [1.82, 2.24) is 9.55 Å². The molecule has 1 rings (SSSR count). The summed E-state index contributed by atoms with van der Waals surface area (Å²) in [6, 6.07) is 3.73. The van der Waals surface area contributed by atoms with E-state index in [1.165, 1.54) is 6.33 Å². The van der Waals surface area contributed by atoms with E-state index in [2.05, 4.69) is 4.98 Å². The molecule has 5 heteroatoms. The Labute approximate surface area is 101 Å². The Morgan fingerprint density at radius 1 is 1.35 bits per heavy atom. The lowest BCUT2D eigenvalue weighted by Crippen LogP contribution is -2.38. The summed E-state index contributed by atoms with van der Waals surface area (Å²) in [4.78, 5) is 3.95. The van der Waals surface area contributed by atoms with Crippen LogP contribution in [0.2, 0.25) is 0 Å². The zero-order valence-corrected chi connectivity index (χ0v) is 10.6. The molecule has 0 spiro atoms. The molecule has 0 saturated carbocycles. The molecule has 0 radical (unpaired) electrons. The first kappa shape index (κ1) is 13.2. The van der Waals surface area contributed by atoms with E-state index in [1.807, 2.05) is 39.8 Å². The predicted octanol–water partition coefficient (Wildman–Crippen LogP) is 1.56. The second-order valence-corrected chi connectivity index (χ2v) is 5.24. The molecule has 0 saturated heterocycles. The minimum absolute atomic E-state index is 0.0771. The van der Waals surface area contributed by atoms with Gasteiger partial charge in [-0.15, -0.1) is 0 Å². The van der Waals surface area contributed by atoms with Crippen molar-refractivity contribution >= 4 is 0 Å². The Morgan fingerprint density at radius 3 is 2.29 bits per heavy atom. The summed E-state index contributed by atoms with van der Waals surface area (Å²) >= 11 is 0. The molecule has 90 valence electrons. The van der Waals surface area contributed by atoms with Gasteiger partial charge in [-0.05, 0) is 12.3 Å². The van der Waals surface area contributed by atoms with Gasteiger partial charge in [-0.2, -0.15) is 10.5 Å². The fraction of sp³-hybridized carbons (Fsp3) is 0.583. The van der Waals surface area contributed by atoms with Crippen molar-refractivity contribution in [2.24, 2.45) is 11.1 Å². The van der Waals surface area contributed by atoms with Crippen molar-refractivity contribution < 1.29 is 0 Å². The number of aromatic nitrogens is 2. The third-order valence-electron chi connectivity index (χ3n) is 2.69. The summed E-state index contributed by atoms with van der Waals surface area (Å²) in [5.74, 6) is 0. The molecule has 0 aliphatic heterocycles. The number of hydrogen-bond acceptors (Lipinski definition) is 4. The minimum Gasteiger partial charge on any atom is -0.326 e. The molecule has 0 aliphatic carbocycles. The Hall–Kier alpha value is -1.85. The number of nitriles is 2. The predicted molar refractivity (Wildman–Crippen MR) is 63.8 cm³/mol. The lowest BCUT2D eigenvalue weighted by molar-refractivity contribution is 0.211. The molecule has 0 fully saturated rings. The van der Waals surface area contributed by atoms with Crippen LogP contribution in [0, 0.1) is 28.1 Å². The summed E-state index contributed by atoms with van der Waals surface area (Å²) < 4.78 is 1.71. The van der Waals surface area contributed by atoms with Gasteiger partial charge in [0.15, 0.2) is 11.4 Å². The van der Waals surface area contributed by atoms with Gasteiger partial charge in [-0.3, -0.25) is 0 Å². The van der Waals surface area contributed by atoms with E-state index in [0.29, 0.717) is 0 Å². The van der Waals surface area contributed by atoms with E-state index >= 15 is 0 Å². The minimum atomic E-state index is -0.136. The van der Waals surface area contributed by atoms with E-state index in [0.717, 1.165) is 0 Å². The van der Waals surface area contributed by atoms with Gasteiger partial charge in [0.05, 0.1) is 12.4 Å². The number of nitrogens with two attached hydrogens (primary N) is 1. The van der Waals surface area contributed by atoms with Crippen molar-refractivity contribution in [2.75, 3.05) is 0 Å². The summed E-state index contributed by atoms with van der Waals surface area (Å²) in [5.41, 5.74) is 6.31. The lowest BCUT2D eigenvalue weighted by Gasteiger charge is -2.35. The van der Waals surface area contributed by atoms with E-state index in [1.54, 1.807) is 4.57 Å². The molecule has 0 aliphatic rings. The average Bonchev–Trinajstić information content (AvgIpc) is 2.57. The maximum Gasteiger partial charge on any atom is 0.176 e. The van der Waals surface area contributed by atoms with Crippen LogP contribution in [0.3, 0.4) is 0 Å². The third kappa shape index (κ3) is 2.46. The Morgan fingerprint density at radius 2 is 1.94 bits per heavy atom. The number of rotatable bonds is 2. The molecule has 1 aromatic rings. The summed E-state index contributed by atoms with van der Waals surface area (Å²) in [6.45, 7) is 8.04. The highest BCUT2D eigenvalue weighted by Crippen LogP contribution is 2.33. The molecule has 1 heterocycles. The fourth-order valence-corrected chi connectivity index (χ4v) is 2.22. The van der Waals surface area contributed by atoms with Gasteiger partial charge in [0.25, 0.3) is 0 Å². The third-order valence-corrected chi connectivity index (χ3v) is 2.69. The van der Waals surface area contributed by atoms with E-state index < -0.39 is 0 Å². The highest BCUT2D eigenvalue weighted by molar-refractivity contribution is 5.36. The molecule has 0 amide bonds. The van der Waals surface area contributed by atoms with Crippen molar-refractivity contribution in [3.8, 4) is 12.1 Å². The van der Waals surface area contributed by atoms with E-state index in [4.69, 9.17) is 16.3 Å². The van der Waals surface area contributed by atoms with Crippen molar-refractivity contribution in [1.29, 1.82) is 10.5 Å². The fourth-order valence-electron chi connectivity index (χ4n) is 2.22. The maximum atomic E-state index is 9.11. The second-order valence-electron chi connectivity index (χ2n) is 5.24. The first-order valence-electron chi connectivity index (χ1n) is 5.45. The molecule has 5 nitrogen and oxygen atoms in total. The smallest absolute Gasteiger partial charge is 0.176 e. The monoisotopic (exact) mass is 231 g/mol. The van der Waals surface area contributed by atoms with Crippen LogP contribution in [0.1, 0.15) is 45.1 Å². The van der Waals surface area contributed by atoms with Gasteiger partial charge in [-0.25, -0.2) is 4.98 Å². The first-order valence-corrected chi connectivity index (χ1v) is 5.45. The number of nitrogens with zero attached hydrogens (tertiary/aromatic N) is 4. The molecule has 1 aromatic heterocycles. The van der Waals surface area contributed by atoms with E-state index in [9.17, 15) is 0 Å². The van der Waals surface area contributed by atoms with Crippen molar-refractivity contribution in [2.45, 2.75) is 39.8 Å². The maximum absolute atomic E-state index is 9.11. The molecule has 0 bridgehead atoms. The summed E-state index contributed by atoms with van der Waals surface area (Å²) in [5, 5.41) is 18.0. The van der Waals surface area contributed by atoms with Gasteiger partial charge in [-0.1, -0.05) is 20.8 Å². The normalized spacial score (nSPS) is 14.8. The molecule has 0 aromatic carbocycles. The molecular formula is C12H17N5. The standard InChI is InChI=1S/C12H17N5/c1-8(15)11(12(2,3)4)17-7-16-9(5-13)10(17)6-14/h7-8,11H,15H2,1-4H3. The molecular weight excluding hydrogens is 214 g/mol. The van der Waals surface area contributed by atoms with Crippen LogP contribution < -0.4 is 5.73 Å². The Bertz CT molecular complexity index is 478. The van der Waals surface area contributed by atoms with Gasteiger partial charge in [0.1, 0.15) is 12.1 Å². The zero-order valence-electron chi connectivity index (χ0n) is 10.6. The van der Waals surface area contributed by atoms with Crippen LogP contribution >= 0.6 is 0 Å².